The van der Waals surface area contributed by atoms with Gasteiger partial charge in [-0.3, -0.25) is 13.7 Å². The summed E-state index contributed by atoms with van der Waals surface area (Å²) in [6.45, 7) is 0. The van der Waals surface area contributed by atoms with Crippen LogP contribution in [0.1, 0.15) is 0 Å². The number of hydrogen-bond donors (Lipinski definition) is 0. The molecule has 5 aromatic heterocycles. The van der Waals surface area contributed by atoms with Crippen LogP contribution in [-0.4, -0.2) is 33.9 Å². The molecule has 0 saturated heterocycles. The van der Waals surface area contributed by atoms with Crippen molar-refractivity contribution in [1.29, 1.82) is 0 Å². The minimum atomic E-state index is 0.617. The van der Waals surface area contributed by atoms with E-state index in [-0.39, 0.29) is 0 Å². The van der Waals surface area contributed by atoms with Gasteiger partial charge in [0.1, 0.15) is 23.0 Å². The second-order valence-electron chi connectivity index (χ2n) is 13.6. The maximum absolute atomic E-state index is 5.30. The molecule has 6 aromatic carbocycles. The molecule has 0 saturated carbocycles. The smallest absolute Gasteiger partial charge is 0.187 e. The van der Waals surface area contributed by atoms with Gasteiger partial charge in [-0.05, 0) is 71.8 Å². The van der Waals surface area contributed by atoms with Crippen LogP contribution in [0.5, 0.6) is 0 Å². The molecule has 0 N–H and O–H groups in total. The van der Waals surface area contributed by atoms with Crippen LogP contribution in [0, 0.1) is 0 Å². The van der Waals surface area contributed by atoms with E-state index in [4.69, 9.17) is 20.2 Å². The predicted molar refractivity (Wildman–Crippen MR) is 222 cm³/mol. The average Bonchev–Trinajstić information content (AvgIpc) is 3.95. The van der Waals surface area contributed by atoms with E-state index in [1.165, 1.54) is 21.5 Å². The molecule has 0 unspecified atom stereocenters. The van der Waals surface area contributed by atoms with Gasteiger partial charge < -0.3 is 0 Å². The third-order valence-electron chi connectivity index (χ3n) is 10.4. The minimum Gasteiger partial charge on any atom is -0.294 e. The molecule has 0 atom stereocenters. The molecule has 5 heterocycles. The Morgan fingerprint density at radius 3 is 1.18 bits per heavy atom. The van der Waals surface area contributed by atoms with E-state index >= 15 is 0 Å². The molecule has 0 fully saturated rings. The van der Waals surface area contributed by atoms with Gasteiger partial charge in [-0.2, -0.15) is 0 Å². The number of fused-ring (bicyclic) bond motifs is 6. The standard InChI is InChI=1S/C48H31N7/c1-2-15-32(16-3-1)33-17-12-18-34(31-33)53-47(39-23-13-29-45(49-39)54-41-25-8-4-19-35(41)36-20-5-9-26-42(36)54)51-52-48(53)40-24-14-30-46(50-40)55-43-27-10-6-21-37(43)38-22-7-11-28-44(38)55/h1-31H. The quantitative estimate of drug-likeness (QED) is 0.173. The summed E-state index contributed by atoms with van der Waals surface area (Å²) in [7, 11) is 0. The van der Waals surface area contributed by atoms with E-state index in [2.05, 4.69) is 171 Å². The summed E-state index contributed by atoms with van der Waals surface area (Å²) in [5.74, 6) is 2.84. The Hall–Kier alpha value is -7.64. The molecular weight excluding hydrogens is 675 g/mol. The number of hydrogen-bond acceptors (Lipinski definition) is 4. The van der Waals surface area contributed by atoms with Gasteiger partial charge in [0, 0.05) is 27.2 Å². The highest BCUT2D eigenvalue weighted by Crippen LogP contribution is 2.35. The Morgan fingerprint density at radius 2 is 0.709 bits per heavy atom. The lowest BCUT2D eigenvalue weighted by molar-refractivity contribution is 1.02. The molecule has 11 rings (SSSR count). The summed E-state index contributed by atoms with van der Waals surface area (Å²) in [6.07, 6.45) is 0. The van der Waals surface area contributed by atoms with Gasteiger partial charge in [0.25, 0.3) is 0 Å². The molecule has 258 valence electrons. The van der Waals surface area contributed by atoms with Crippen LogP contribution in [-0.2, 0) is 0 Å². The summed E-state index contributed by atoms with van der Waals surface area (Å²) in [5.41, 5.74) is 8.89. The van der Waals surface area contributed by atoms with Gasteiger partial charge in [0.05, 0.1) is 22.1 Å². The van der Waals surface area contributed by atoms with E-state index in [9.17, 15) is 0 Å². The van der Waals surface area contributed by atoms with Crippen molar-refractivity contribution >= 4 is 43.6 Å². The number of aromatic nitrogens is 7. The largest absolute Gasteiger partial charge is 0.294 e. The number of benzene rings is 6. The fraction of sp³-hybridized carbons (Fsp3) is 0. The fourth-order valence-corrected chi connectivity index (χ4v) is 8.00. The lowest BCUT2D eigenvalue weighted by Gasteiger charge is -2.14. The molecule has 7 heteroatoms. The van der Waals surface area contributed by atoms with E-state index in [0.29, 0.717) is 23.0 Å². The lowest BCUT2D eigenvalue weighted by atomic mass is 10.1. The lowest BCUT2D eigenvalue weighted by Crippen LogP contribution is -2.05. The van der Waals surface area contributed by atoms with Crippen LogP contribution < -0.4 is 0 Å². The van der Waals surface area contributed by atoms with Crippen LogP contribution in [0.25, 0.3) is 95.1 Å². The van der Waals surface area contributed by atoms with Crippen molar-refractivity contribution in [3.63, 3.8) is 0 Å². The first-order valence-electron chi connectivity index (χ1n) is 18.3. The van der Waals surface area contributed by atoms with Crippen molar-refractivity contribution in [3.05, 3.63) is 188 Å². The van der Waals surface area contributed by atoms with Crippen molar-refractivity contribution in [2.75, 3.05) is 0 Å². The highest BCUT2D eigenvalue weighted by molar-refractivity contribution is 6.10. The molecular formula is C48H31N7. The zero-order valence-electron chi connectivity index (χ0n) is 29.5. The normalized spacial score (nSPS) is 11.6. The molecule has 0 aliphatic carbocycles. The van der Waals surface area contributed by atoms with Crippen LogP contribution >= 0.6 is 0 Å². The first kappa shape index (κ1) is 30.9. The first-order valence-corrected chi connectivity index (χ1v) is 18.3. The third-order valence-corrected chi connectivity index (χ3v) is 10.4. The van der Waals surface area contributed by atoms with Gasteiger partial charge in [0.2, 0.25) is 0 Å². The topological polar surface area (TPSA) is 66.3 Å². The van der Waals surface area contributed by atoms with E-state index in [1.807, 2.05) is 30.3 Å². The maximum Gasteiger partial charge on any atom is 0.187 e. The molecule has 11 aromatic rings. The van der Waals surface area contributed by atoms with Crippen molar-refractivity contribution < 1.29 is 0 Å². The maximum atomic E-state index is 5.30. The summed E-state index contributed by atoms with van der Waals surface area (Å²) in [4.78, 5) is 10.6. The second-order valence-corrected chi connectivity index (χ2v) is 13.6. The third kappa shape index (κ3) is 4.98. The molecule has 0 bridgehead atoms. The summed E-state index contributed by atoms with van der Waals surface area (Å²) in [6, 6.07) is 65.0. The number of rotatable bonds is 6. The highest BCUT2D eigenvalue weighted by Gasteiger charge is 2.22. The van der Waals surface area contributed by atoms with Crippen LogP contribution in [0.3, 0.4) is 0 Å². The van der Waals surface area contributed by atoms with Crippen molar-refractivity contribution in [3.8, 4) is 51.5 Å². The Morgan fingerprint density at radius 1 is 0.309 bits per heavy atom. The predicted octanol–water partition coefficient (Wildman–Crippen LogP) is 11.3. The Balaban J connectivity index is 1.12. The van der Waals surface area contributed by atoms with Gasteiger partial charge in [-0.1, -0.05) is 127 Å². The Labute approximate surface area is 316 Å². The summed E-state index contributed by atoms with van der Waals surface area (Å²) < 4.78 is 6.54. The van der Waals surface area contributed by atoms with Crippen molar-refractivity contribution in [1.82, 2.24) is 33.9 Å². The molecule has 0 amide bonds. The zero-order chi connectivity index (χ0) is 36.3. The van der Waals surface area contributed by atoms with Crippen LogP contribution in [0.15, 0.2) is 188 Å². The molecule has 0 spiro atoms. The molecule has 0 aliphatic rings. The summed E-state index contributed by atoms with van der Waals surface area (Å²) >= 11 is 0. The minimum absolute atomic E-state index is 0.617. The van der Waals surface area contributed by atoms with Crippen molar-refractivity contribution in [2.24, 2.45) is 0 Å². The number of pyridine rings is 2. The average molecular weight is 706 g/mol. The van der Waals surface area contributed by atoms with Gasteiger partial charge in [0.15, 0.2) is 11.6 Å². The van der Waals surface area contributed by atoms with Crippen LogP contribution in [0.4, 0.5) is 0 Å². The highest BCUT2D eigenvalue weighted by atomic mass is 15.3. The van der Waals surface area contributed by atoms with Gasteiger partial charge in [-0.15, -0.1) is 10.2 Å². The van der Waals surface area contributed by atoms with Gasteiger partial charge in [-0.25, -0.2) is 9.97 Å². The molecule has 0 radical (unpaired) electrons. The van der Waals surface area contributed by atoms with E-state index in [1.54, 1.807) is 0 Å². The zero-order valence-corrected chi connectivity index (χ0v) is 29.5. The second kappa shape index (κ2) is 12.5. The summed E-state index contributed by atoms with van der Waals surface area (Å²) in [5, 5.41) is 14.5. The fourth-order valence-electron chi connectivity index (χ4n) is 8.00. The van der Waals surface area contributed by atoms with Crippen molar-refractivity contribution in [2.45, 2.75) is 0 Å². The first-order chi connectivity index (χ1) is 27.3. The van der Waals surface area contributed by atoms with Gasteiger partial charge >= 0.3 is 0 Å². The Bertz CT molecular complexity index is 2940. The molecule has 55 heavy (non-hydrogen) atoms. The van der Waals surface area contributed by atoms with E-state index < -0.39 is 0 Å². The molecule has 0 aliphatic heterocycles. The monoisotopic (exact) mass is 705 g/mol. The molecule has 7 nitrogen and oxygen atoms in total. The number of para-hydroxylation sites is 4. The number of nitrogens with zero attached hydrogens (tertiary/aromatic N) is 7. The van der Waals surface area contributed by atoms with E-state index in [0.717, 1.165) is 50.5 Å². The van der Waals surface area contributed by atoms with Crippen LogP contribution in [0.2, 0.25) is 0 Å². The SMILES string of the molecule is c1ccc(-c2cccc(-n3c(-c4cccc(-n5c6ccccc6c6ccccc65)n4)nnc3-c3cccc(-n4c5ccccc5c5ccccc54)n3)c2)cc1. The Kier molecular flexibility index (Phi) is 7.03.